The topological polar surface area (TPSA) is 17.8 Å². The number of nitrogens with zero attached hydrogens (tertiary/aromatic N) is 2. The summed E-state index contributed by atoms with van der Waals surface area (Å²) in [6.45, 7) is 7.00. The first kappa shape index (κ1) is 19.8. The number of rotatable bonds is 12. The van der Waals surface area contributed by atoms with Gasteiger partial charge in [0.25, 0.3) is 0 Å². The van der Waals surface area contributed by atoms with Gasteiger partial charge in [0.2, 0.25) is 0 Å². The Hall–Kier alpha value is -0.251. The predicted molar refractivity (Wildman–Crippen MR) is 99.3 cm³/mol. The zero-order valence-corrected chi connectivity index (χ0v) is 17.9. The van der Waals surface area contributed by atoms with Crippen LogP contribution in [0.25, 0.3) is 6.08 Å². The van der Waals surface area contributed by atoms with Crippen LogP contribution in [-0.2, 0) is 7.05 Å². The van der Waals surface area contributed by atoms with Crippen LogP contribution in [0.5, 0.6) is 0 Å². The molecule has 0 spiro atoms. The van der Waals surface area contributed by atoms with Crippen LogP contribution in [0.15, 0.2) is 16.4 Å². The molecule has 1 heterocycles. The van der Waals surface area contributed by atoms with Crippen LogP contribution in [0.3, 0.4) is 0 Å². The molecule has 2 radical (unpaired) electrons. The van der Waals surface area contributed by atoms with Gasteiger partial charge >= 0.3 is 148 Å². The summed E-state index contributed by atoms with van der Waals surface area (Å²) in [4.78, 5) is 0. The first-order chi connectivity index (χ1) is 10.7. The van der Waals surface area contributed by atoms with Gasteiger partial charge in [-0.05, 0) is 0 Å². The minimum atomic E-state index is -0.521. The van der Waals surface area contributed by atoms with Crippen LogP contribution in [0.4, 0.5) is 0 Å². The van der Waals surface area contributed by atoms with Crippen molar-refractivity contribution in [1.29, 1.82) is 0 Å². The van der Waals surface area contributed by atoms with Crippen molar-refractivity contribution in [3.8, 4) is 0 Å². The Morgan fingerprint density at radius 1 is 1.05 bits per heavy atom. The molecule has 124 valence electrons. The molecule has 1 rings (SSSR count). The summed E-state index contributed by atoms with van der Waals surface area (Å²) in [7, 11) is 2.03. The molecule has 0 saturated heterocycles. The van der Waals surface area contributed by atoms with Crippen LogP contribution in [0.1, 0.15) is 84.3 Å². The number of hydrogen-bond donors (Lipinski definition) is 0. The van der Waals surface area contributed by atoms with Gasteiger partial charge < -0.3 is 0 Å². The first-order valence-corrected chi connectivity index (χ1v) is 12.2. The Kier molecular flexibility index (Phi) is 10.2. The maximum absolute atomic E-state index is 4.26. The molecular weight excluding hydrogens is 375 g/mol. The van der Waals surface area contributed by atoms with Crippen LogP contribution >= 0.6 is 0 Å². The molecule has 0 bridgehead atoms. The second-order valence-corrected chi connectivity index (χ2v) is 11.3. The molecule has 0 atom stereocenters. The van der Waals surface area contributed by atoms with E-state index in [2.05, 4.69) is 42.1 Å². The summed E-state index contributed by atoms with van der Waals surface area (Å²) in [5.41, 5.74) is 1.25. The number of hydrogen-bond acceptors (Lipinski definition) is 1. The summed E-state index contributed by atoms with van der Waals surface area (Å²) in [5.74, 6) is 0. The van der Waals surface area contributed by atoms with Crippen molar-refractivity contribution >= 4 is 27.2 Å². The number of aromatic nitrogens is 2. The van der Waals surface area contributed by atoms with E-state index in [1.54, 1.807) is 0 Å². The molecule has 2 nitrogen and oxygen atoms in total. The summed E-state index contributed by atoms with van der Waals surface area (Å²) < 4.78 is 5.24. The van der Waals surface area contributed by atoms with E-state index in [0.717, 1.165) is 0 Å². The van der Waals surface area contributed by atoms with Gasteiger partial charge in [0.15, 0.2) is 0 Å². The van der Waals surface area contributed by atoms with Crippen molar-refractivity contribution < 1.29 is 0 Å². The van der Waals surface area contributed by atoms with E-state index in [1.165, 1.54) is 63.5 Å². The second kappa shape index (κ2) is 11.3. The van der Waals surface area contributed by atoms with Crippen LogP contribution in [0.2, 0.25) is 3.43 Å². The third kappa shape index (κ3) is 6.89. The van der Waals surface area contributed by atoms with E-state index >= 15 is 0 Å². The Balaban J connectivity index is 2.75. The molecule has 0 aliphatic heterocycles. The van der Waals surface area contributed by atoms with Gasteiger partial charge in [-0.2, -0.15) is 0 Å². The molecule has 0 N–H and O–H groups in total. The quantitative estimate of drug-likeness (QED) is 0.398. The summed E-state index contributed by atoms with van der Waals surface area (Å²) in [6, 6.07) is 2.11. The average molecular weight is 409 g/mol. The molecule has 0 aromatic carbocycles. The Morgan fingerprint density at radius 3 is 2.00 bits per heavy atom. The van der Waals surface area contributed by atoms with Gasteiger partial charge in [0, 0.05) is 0 Å². The van der Waals surface area contributed by atoms with Crippen molar-refractivity contribution in [2.75, 3.05) is 0 Å². The van der Waals surface area contributed by atoms with Crippen molar-refractivity contribution in [2.45, 2.75) is 82.0 Å². The summed E-state index contributed by atoms with van der Waals surface area (Å²) in [5, 5.41) is 4.26. The van der Waals surface area contributed by atoms with Gasteiger partial charge in [0.1, 0.15) is 0 Å². The molecule has 0 unspecified atom stereocenters. The zero-order valence-electron chi connectivity index (χ0n) is 15.1. The fourth-order valence-corrected chi connectivity index (χ4v) is 7.47. The van der Waals surface area contributed by atoms with E-state index in [4.69, 9.17) is 0 Å². The molecule has 0 amide bonds. The zero-order chi connectivity index (χ0) is 16.3. The van der Waals surface area contributed by atoms with Crippen LogP contribution in [0, 0.1) is 0 Å². The minimum absolute atomic E-state index is 0.521. The third-order valence-electron chi connectivity index (χ3n) is 4.53. The van der Waals surface area contributed by atoms with E-state index in [9.17, 15) is 0 Å². The molecule has 1 aromatic heterocycles. The molecular formula is C19H34N2Sn. The van der Waals surface area contributed by atoms with E-state index < -0.39 is 21.1 Å². The van der Waals surface area contributed by atoms with Crippen LogP contribution < -0.4 is 0 Å². The van der Waals surface area contributed by atoms with Gasteiger partial charge in [-0.25, -0.2) is 0 Å². The third-order valence-corrected chi connectivity index (χ3v) is 9.37. The van der Waals surface area contributed by atoms with Crippen molar-refractivity contribution in [1.82, 2.24) is 9.78 Å². The Morgan fingerprint density at radius 2 is 1.59 bits per heavy atom. The second-order valence-electron chi connectivity index (χ2n) is 6.45. The maximum atomic E-state index is 4.26. The molecule has 3 heteroatoms. The molecule has 0 aliphatic rings. The Bertz CT molecular complexity index is 401. The number of aryl methyl sites for hydroxylation is 1. The first-order valence-electron chi connectivity index (χ1n) is 9.09. The van der Waals surface area contributed by atoms with E-state index in [-0.39, 0.29) is 0 Å². The summed E-state index contributed by atoms with van der Waals surface area (Å²) >= 11 is -0.521. The Labute approximate surface area is 148 Å². The van der Waals surface area contributed by atoms with E-state index in [0.29, 0.717) is 3.43 Å². The fraction of sp³-hybridized carbons (Fsp3) is 0.737. The fourth-order valence-electron chi connectivity index (χ4n) is 2.99. The molecule has 0 fully saturated rings. The van der Waals surface area contributed by atoms with Crippen molar-refractivity contribution in [3.63, 3.8) is 0 Å². The molecule has 0 saturated carbocycles. The average Bonchev–Trinajstić information content (AvgIpc) is 2.93. The van der Waals surface area contributed by atoms with Crippen molar-refractivity contribution in [3.05, 3.63) is 22.0 Å². The number of unbranched alkanes of at least 4 members (excludes halogenated alkanes) is 3. The van der Waals surface area contributed by atoms with Gasteiger partial charge in [-0.1, -0.05) is 0 Å². The van der Waals surface area contributed by atoms with Crippen LogP contribution in [-0.4, -0.2) is 30.9 Å². The standard InChI is InChI=1S/C13H27.C6H7N2.Sn/c1-4-7-10-13(11-8-5-2)12-9-6-3;1-3-6-4-5-7-8(6)2;/h4-12H2,1-3H3;1,3-5H,2H3;. The summed E-state index contributed by atoms with van der Waals surface area (Å²) in [6.07, 6.45) is 16.9. The molecule has 22 heavy (non-hydrogen) atoms. The van der Waals surface area contributed by atoms with Gasteiger partial charge in [-0.15, -0.1) is 0 Å². The normalized spacial score (nSPS) is 12.4. The predicted octanol–water partition coefficient (Wildman–Crippen LogP) is 5.82. The molecule has 1 aromatic rings. The van der Waals surface area contributed by atoms with Gasteiger partial charge in [-0.3, -0.25) is 0 Å². The molecule has 0 aliphatic carbocycles. The SMILES string of the molecule is CCCC[C](CCCC)(CCCC)[Sn]/[CH]=C/c1ccnn1C. The van der Waals surface area contributed by atoms with Crippen molar-refractivity contribution in [2.24, 2.45) is 7.05 Å². The monoisotopic (exact) mass is 410 g/mol. The van der Waals surface area contributed by atoms with E-state index in [1.807, 2.05) is 17.9 Å². The van der Waals surface area contributed by atoms with Gasteiger partial charge in [0.05, 0.1) is 0 Å².